The number of nitrogens with one attached hydrogen (secondary N) is 1. The molecule has 0 unspecified atom stereocenters. The maximum atomic E-state index is 14.2. The first-order valence-corrected chi connectivity index (χ1v) is 8.48. The maximum Gasteiger partial charge on any atom is 0.325 e. The second-order valence-electron chi connectivity index (χ2n) is 6.55. The first-order valence-electron chi connectivity index (χ1n) is 8.48. The topological polar surface area (TPSA) is 75.4 Å². The van der Waals surface area contributed by atoms with E-state index in [4.69, 9.17) is 4.42 Å². The summed E-state index contributed by atoms with van der Waals surface area (Å²) in [6.07, 6.45) is 1.49. The molecule has 1 aliphatic heterocycles. The van der Waals surface area contributed by atoms with Gasteiger partial charge in [0.25, 0.3) is 5.91 Å². The molecule has 6 nitrogen and oxygen atoms in total. The van der Waals surface area contributed by atoms with Crippen LogP contribution >= 0.6 is 0 Å². The summed E-state index contributed by atoms with van der Waals surface area (Å²) in [4.78, 5) is 30.2. The second kappa shape index (κ2) is 6.56. The third-order valence-electron chi connectivity index (χ3n) is 4.65. The van der Waals surface area contributed by atoms with Gasteiger partial charge in [0.05, 0.1) is 6.20 Å². The summed E-state index contributed by atoms with van der Waals surface area (Å²) in [6, 6.07) is 11.2. The Hall–Kier alpha value is -3.55. The molecule has 1 saturated heterocycles. The van der Waals surface area contributed by atoms with Gasteiger partial charge >= 0.3 is 6.03 Å². The van der Waals surface area contributed by atoms with Crippen LogP contribution in [0.3, 0.4) is 0 Å². The monoisotopic (exact) mass is 383 g/mol. The Labute approximate surface area is 158 Å². The van der Waals surface area contributed by atoms with E-state index in [0.29, 0.717) is 5.76 Å². The smallest absolute Gasteiger partial charge is 0.325 e. The van der Waals surface area contributed by atoms with Crippen LogP contribution in [0, 0.1) is 11.6 Å². The normalized spacial score (nSPS) is 19.2. The van der Waals surface area contributed by atoms with Crippen molar-refractivity contribution in [3.8, 4) is 11.3 Å². The molecule has 1 aliphatic rings. The van der Waals surface area contributed by atoms with Crippen LogP contribution in [0.5, 0.6) is 0 Å². The SMILES string of the molecule is C[C@@]1(c2cc(F)ccc2F)NC(=O)N(Cc2ncc(-c3ccccc3)o2)C1=O. The van der Waals surface area contributed by atoms with E-state index in [9.17, 15) is 18.4 Å². The van der Waals surface area contributed by atoms with Gasteiger partial charge in [0, 0.05) is 11.1 Å². The van der Waals surface area contributed by atoms with Gasteiger partial charge in [0.2, 0.25) is 5.89 Å². The molecule has 0 radical (unpaired) electrons. The Balaban J connectivity index is 1.60. The molecule has 0 bridgehead atoms. The quantitative estimate of drug-likeness (QED) is 0.699. The van der Waals surface area contributed by atoms with Gasteiger partial charge in [-0.3, -0.25) is 9.69 Å². The summed E-state index contributed by atoms with van der Waals surface area (Å²) in [5.74, 6) is -1.59. The van der Waals surface area contributed by atoms with E-state index in [1.165, 1.54) is 13.1 Å². The van der Waals surface area contributed by atoms with Crippen molar-refractivity contribution in [2.45, 2.75) is 19.0 Å². The number of aromatic nitrogens is 1. The number of imide groups is 1. The molecule has 8 heteroatoms. The Bertz CT molecular complexity index is 1070. The van der Waals surface area contributed by atoms with E-state index in [1.807, 2.05) is 30.3 Å². The highest BCUT2D eigenvalue weighted by atomic mass is 19.1. The first-order chi connectivity index (χ1) is 13.4. The molecule has 1 aromatic heterocycles. The molecule has 1 N–H and O–H groups in total. The van der Waals surface area contributed by atoms with E-state index in [0.717, 1.165) is 28.7 Å². The van der Waals surface area contributed by atoms with Gasteiger partial charge in [-0.2, -0.15) is 0 Å². The number of oxazole rings is 1. The zero-order chi connectivity index (χ0) is 19.9. The molecule has 2 aromatic carbocycles. The molecule has 4 rings (SSSR count). The van der Waals surface area contributed by atoms with E-state index in [-0.39, 0.29) is 18.0 Å². The Morgan fingerprint density at radius 1 is 1.14 bits per heavy atom. The highest BCUT2D eigenvalue weighted by Crippen LogP contribution is 2.32. The fraction of sp³-hybridized carbons (Fsp3) is 0.150. The number of nitrogens with zero attached hydrogens (tertiary/aromatic N) is 2. The Morgan fingerprint density at radius 3 is 2.64 bits per heavy atom. The average molecular weight is 383 g/mol. The lowest BCUT2D eigenvalue weighted by Gasteiger charge is -2.22. The average Bonchev–Trinajstić information content (AvgIpc) is 3.24. The molecule has 0 saturated carbocycles. The minimum Gasteiger partial charge on any atom is -0.439 e. The van der Waals surface area contributed by atoms with Gasteiger partial charge in [0.15, 0.2) is 5.76 Å². The van der Waals surface area contributed by atoms with Crippen molar-refractivity contribution in [2.75, 3.05) is 0 Å². The lowest BCUT2D eigenvalue weighted by molar-refractivity contribution is -0.131. The summed E-state index contributed by atoms with van der Waals surface area (Å²) < 4.78 is 33.4. The van der Waals surface area contributed by atoms with Crippen molar-refractivity contribution in [1.29, 1.82) is 0 Å². The number of hydrogen-bond donors (Lipinski definition) is 1. The summed E-state index contributed by atoms with van der Waals surface area (Å²) in [5.41, 5.74) is -1.17. The highest BCUT2D eigenvalue weighted by molar-refractivity contribution is 6.07. The van der Waals surface area contributed by atoms with Gasteiger partial charge < -0.3 is 9.73 Å². The van der Waals surface area contributed by atoms with Crippen molar-refractivity contribution >= 4 is 11.9 Å². The predicted molar refractivity (Wildman–Crippen MR) is 94.7 cm³/mol. The van der Waals surface area contributed by atoms with Crippen LogP contribution in [0.4, 0.5) is 13.6 Å². The van der Waals surface area contributed by atoms with E-state index in [1.54, 1.807) is 0 Å². The molecule has 3 aromatic rings. The van der Waals surface area contributed by atoms with Crippen LogP contribution in [0.1, 0.15) is 18.4 Å². The first kappa shape index (κ1) is 17.8. The van der Waals surface area contributed by atoms with Crippen LogP contribution in [0.15, 0.2) is 59.1 Å². The van der Waals surface area contributed by atoms with Gasteiger partial charge in [-0.05, 0) is 25.1 Å². The van der Waals surface area contributed by atoms with Gasteiger partial charge in [-0.25, -0.2) is 18.6 Å². The zero-order valence-electron chi connectivity index (χ0n) is 14.8. The fourth-order valence-corrected chi connectivity index (χ4v) is 3.16. The van der Waals surface area contributed by atoms with Crippen LogP contribution < -0.4 is 5.32 Å². The zero-order valence-corrected chi connectivity index (χ0v) is 14.8. The minimum absolute atomic E-state index is 0.145. The number of hydrogen-bond acceptors (Lipinski definition) is 4. The van der Waals surface area contributed by atoms with E-state index < -0.39 is 29.1 Å². The number of benzene rings is 2. The molecular formula is C20H15F2N3O3. The van der Waals surface area contributed by atoms with Crippen LogP contribution in [-0.4, -0.2) is 21.8 Å². The van der Waals surface area contributed by atoms with Crippen LogP contribution in [0.25, 0.3) is 11.3 Å². The number of halogens is 2. The second-order valence-corrected chi connectivity index (χ2v) is 6.55. The van der Waals surface area contributed by atoms with Gasteiger partial charge in [0.1, 0.15) is 23.7 Å². The molecular weight excluding hydrogens is 368 g/mol. The van der Waals surface area contributed by atoms with E-state index in [2.05, 4.69) is 10.3 Å². The minimum atomic E-state index is -1.72. The molecule has 2 heterocycles. The Morgan fingerprint density at radius 2 is 1.89 bits per heavy atom. The molecule has 28 heavy (non-hydrogen) atoms. The van der Waals surface area contributed by atoms with Gasteiger partial charge in [-0.1, -0.05) is 30.3 Å². The molecule has 1 fully saturated rings. The highest BCUT2D eigenvalue weighted by Gasteiger charge is 2.50. The molecule has 3 amide bonds. The Kier molecular flexibility index (Phi) is 4.18. The third kappa shape index (κ3) is 2.92. The maximum absolute atomic E-state index is 14.2. The lowest BCUT2D eigenvalue weighted by Crippen LogP contribution is -2.41. The number of carbonyl (C=O) groups excluding carboxylic acids is 2. The summed E-state index contributed by atoms with van der Waals surface area (Å²) in [5, 5.41) is 2.43. The third-order valence-corrected chi connectivity index (χ3v) is 4.65. The number of rotatable bonds is 4. The predicted octanol–water partition coefficient (Wildman–Crippen LogP) is 3.59. The standard InChI is InChI=1S/C20H15F2N3O3/c1-20(14-9-13(21)7-8-15(14)22)18(26)25(19(27)24-20)11-17-23-10-16(28-17)12-5-3-2-4-6-12/h2-10H,11H2,1H3,(H,24,27)/t20-/m0/s1. The van der Waals surface area contributed by atoms with Crippen LogP contribution in [-0.2, 0) is 16.9 Å². The fourth-order valence-electron chi connectivity index (χ4n) is 3.16. The molecule has 142 valence electrons. The van der Waals surface area contributed by atoms with Gasteiger partial charge in [-0.15, -0.1) is 0 Å². The largest absolute Gasteiger partial charge is 0.439 e. The lowest BCUT2D eigenvalue weighted by atomic mass is 9.91. The van der Waals surface area contributed by atoms with Crippen LogP contribution in [0.2, 0.25) is 0 Å². The molecule has 0 spiro atoms. The number of amides is 3. The summed E-state index contributed by atoms with van der Waals surface area (Å²) >= 11 is 0. The summed E-state index contributed by atoms with van der Waals surface area (Å²) in [7, 11) is 0. The van der Waals surface area contributed by atoms with Crippen molar-refractivity contribution < 1.29 is 22.8 Å². The summed E-state index contributed by atoms with van der Waals surface area (Å²) in [6.45, 7) is 1.10. The van der Waals surface area contributed by atoms with Crippen molar-refractivity contribution in [1.82, 2.24) is 15.2 Å². The molecule has 1 atom stereocenters. The van der Waals surface area contributed by atoms with Crippen molar-refractivity contribution in [2.24, 2.45) is 0 Å². The van der Waals surface area contributed by atoms with Crippen molar-refractivity contribution in [3.05, 3.63) is 77.8 Å². The number of carbonyl (C=O) groups is 2. The van der Waals surface area contributed by atoms with Crippen molar-refractivity contribution in [3.63, 3.8) is 0 Å². The van der Waals surface area contributed by atoms with E-state index >= 15 is 0 Å². The number of urea groups is 1. The molecule has 0 aliphatic carbocycles.